The van der Waals surface area contributed by atoms with Gasteiger partial charge in [0.1, 0.15) is 0 Å². The molecule has 1 heterocycles. The van der Waals surface area contributed by atoms with Gasteiger partial charge in [0.05, 0.1) is 23.6 Å². The third kappa shape index (κ3) is 4.29. The largest absolute Gasteiger partial charge is 0.332 e. The first kappa shape index (κ1) is 20.7. The molecule has 0 amide bonds. The number of nitrogens with one attached hydrogen (secondary N) is 2. The zero-order chi connectivity index (χ0) is 21.3. The molecule has 0 atom stereocenters. The zero-order valence-electron chi connectivity index (χ0n) is 16.5. The molecular formula is C23H20Cl2N4S. The number of hydrogen-bond acceptors (Lipinski definition) is 2. The van der Waals surface area contributed by atoms with E-state index in [1.54, 1.807) is 6.07 Å². The summed E-state index contributed by atoms with van der Waals surface area (Å²) in [5.41, 5.74) is 4.63. The van der Waals surface area contributed by atoms with Gasteiger partial charge in [-0.1, -0.05) is 65.7 Å². The summed E-state index contributed by atoms with van der Waals surface area (Å²) in [4.78, 5) is 0. The van der Waals surface area contributed by atoms with Crippen LogP contribution >= 0.6 is 35.4 Å². The summed E-state index contributed by atoms with van der Waals surface area (Å²) in [5.74, 6) is 0. The predicted molar refractivity (Wildman–Crippen MR) is 131 cm³/mol. The molecular weight excluding hydrogens is 435 g/mol. The molecule has 0 saturated carbocycles. The van der Waals surface area contributed by atoms with Crippen LogP contribution in [0.25, 0.3) is 10.8 Å². The summed E-state index contributed by atoms with van der Waals surface area (Å²) in [6, 6.07) is 19.8. The van der Waals surface area contributed by atoms with E-state index in [9.17, 15) is 0 Å². The fraction of sp³-hybridized carbons (Fsp3) is 0.130. The molecule has 0 saturated heterocycles. The third-order valence-electron chi connectivity index (χ3n) is 4.99. The Hall–Kier alpha value is -2.60. The molecule has 1 aromatic heterocycles. The number of hydrogen-bond donors (Lipinski definition) is 2. The van der Waals surface area contributed by atoms with Gasteiger partial charge in [-0.25, -0.2) is 0 Å². The Kier molecular flexibility index (Phi) is 5.95. The monoisotopic (exact) mass is 454 g/mol. The van der Waals surface area contributed by atoms with Gasteiger partial charge in [0, 0.05) is 21.1 Å². The van der Waals surface area contributed by atoms with E-state index in [-0.39, 0.29) is 0 Å². The maximum absolute atomic E-state index is 6.33. The zero-order valence-corrected chi connectivity index (χ0v) is 18.9. The highest BCUT2D eigenvalue weighted by Gasteiger charge is 2.14. The standard InChI is InChI=1S/C23H20Cl2N4S/c1-14-22(15(2)29(28-14)13-17-10-11-18(24)12-20(17)25)27-23(30)26-21-9-5-7-16-6-3-4-8-19(16)21/h3-12H,13H2,1-2H3,(H2,26,27,30). The number of fused-ring (bicyclic) bond motifs is 1. The molecule has 2 N–H and O–H groups in total. The van der Waals surface area contributed by atoms with Crippen molar-refractivity contribution in [1.29, 1.82) is 0 Å². The lowest BCUT2D eigenvalue weighted by Gasteiger charge is -2.13. The van der Waals surface area contributed by atoms with Crippen molar-refractivity contribution in [3.63, 3.8) is 0 Å². The van der Waals surface area contributed by atoms with Crippen LogP contribution in [0.5, 0.6) is 0 Å². The molecule has 0 fully saturated rings. The van der Waals surface area contributed by atoms with Crippen LogP contribution < -0.4 is 10.6 Å². The van der Waals surface area contributed by atoms with Gasteiger partial charge < -0.3 is 10.6 Å². The van der Waals surface area contributed by atoms with Crippen LogP contribution in [0.1, 0.15) is 17.0 Å². The number of benzene rings is 3. The second kappa shape index (κ2) is 8.64. The number of rotatable bonds is 4. The molecule has 3 aromatic carbocycles. The lowest BCUT2D eigenvalue weighted by molar-refractivity contribution is 0.659. The first-order chi connectivity index (χ1) is 14.4. The van der Waals surface area contributed by atoms with Crippen LogP contribution in [0.15, 0.2) is 60.7 Å². The predicted octanol–water partition coefficient (Wildman–Crippen LogP) is 6.82. The van der Waals surface area contributed by atoms with Crippen molar-refractivity contribution in [3.8, 4) is 0 Å². The Morgan fingerprint density at radius 2 is 1.77 bits per heavy atom. The SMILES string of the molecule is Cc1nn(Cc2ccc(Cl)cc2Cl)c(C)c1NC(=S)Nc1cccc2ccccc12. The van der Waals surface area contributed by atoms with Crippen molar-refractivity contribution in [3.05, 3.63) is 87.7 Å². The van der Waals surface area contributed by atoms with Crippen molar-refractivity contribution in [2.45, 2.75) is 20.4 Å². The fourth-order valence-corrected chi connectivity index (χ4v) is 4.12. The lowest BCUT2D eigenvalue weighted by Crippen LogP contribution is -2.20. The normalized spacial score (nSPS) is 10.9. The number of nitrogens with zero attached hydrogens (tertiary/aromatic N) is 2. The number of aromatic nitrogens is 2. The van der Waals surface area contributed by atoms with E-state index in [0.29, 0.717) is 21.7 Å². The van der Waals surface area contributed by atoms with Crippen LogP contribution in [0.4, 0.5) is 11.4 Å². The van der Waals surface area contributed by atoms with Gasteiger partial charge in [0.25, 0.3) is 0 Å². The number of anilines is 2. The van der Waals surface area contributed by atoms with Gasteiger partial charge >= 0.3 is 0 Å². The van der Waals surface area contributed by atoms with Gasteiger partial charge in [0.2, 0.25) is 0 Å². The lowest BCUT2D eigenvalue weighted by atomic mass is 10.1. The van der Waals surface area contributed by atoms with E-state index in [1.807, 2.05) is 54.9 Å². The van der Waals surface area contributed by atoms with Gasteiger partial charge in [0.15, 0.2) is 5.11 Å². The first-order valence-electron chi connectivity index (χ1n) is 9.46. The summed E-state index contributed by atoms with van der Waals surface area (Å²) < 4.78 is 1.91. The molecule has 0 aliphatic rings. The Morgan fingerprint density at radius 3 is 2.57 bits per heavy atom. The molecule has 0 bridgehead atoms. The molecule has 30 heavy (non-hydrogen) atoms. The minimum Gasteiger partial charge on any atom is -0.332 e. The van der Waals surface area contributed by atoms with Crippen LogP contribution in [0.2, 0.25) is 10.0 Å². The molecule has 152 valence electrons. The molecule has 0 radical (unpaired) electrons. The summed E-state index contributed by atoms with van der Waals surface area (Å²) in [6.45, 7) is 4.51. The smallest absolute Gasteiger partial charge is 0.175 e. The molecule has 0 unspecified atom stereocenters. The van der Waals surface area contributed by atoms with Crippen LogP contribution in [-0.4, -0.2) is 14.9 Å². The van der Waals surface area contributed by atoms with E-state index in [0.717, 1.165) is 39.1 Å². The fourth-order valence-electron chi connectivity index (χ4n) is 3.44. The second-order valence-corrected chi connectivity index (χ2v) is 8.30. The van der Waals surface area contributed by atoms with Crippen LogP contribution in [0.3, 0.4) is 0 Å². The number of thiocarbonyl (C=S) groups is 1. The molecule has 0 spiro atoms. The highest BCUT2D eigenvalue weighted by atomic mass is 35.5. The van der Waals surface area contributed by atoms with Crippen molar-refractivity contribution in [2.24, 2.45) is 0 Å². The molecule has 7 heteroatoms. The Morgan fingerprint density at radius 1 is 1.00 bits per heavy atom. The quantitative estimate of drug-likeness (QED) is 0.332. The Bertz CT molecular complexity index is 1240. The maximum atomic E-state index is 6.33. The van der Waals surface area contributed by atoms with Crippen LogP contribution in [0, 0.1) is 13.8 Å². The summed E-state index contributed by atoms with van der Waals surface area (Å²) in [5, 5.41) is 15.3. The average Bonchev–Trinajstić information content (AvgIpc) is 2.98. The van der Waals surface area contributed by atoms with E-state index in [1.165, 1.54) is 0 Å². The van der Waals surface area contributed by atoms with Crippen molar-refractivity contribution < 1.29 is 0 Å². The average molecular weight is 455 g/mol. The van der Waals surface area contributed by atoms with E-state index >= 15 is 0 Å². The first-order valence-corrected chi connectivity index (χ1v) is 10.6. The minimum atomic E-state index is 0.515. The summed E-state index contributed by atoms with van der Waals surface area (Å²) in [7, 11) is 0. The van der Waals surface area contributed by atoms with Gasteiger partial charge in [-0.3, -0.25) is 4.68 Å². The molecule has 0 aliphatic heterocycles. The van der Waals surface area contributed by atoms with Crippen molar-refractivity contribution >= 4 is 62.7 Å². The molecule has 0 aliphatic carbocycles. The van der Waals surface area contributed by atoms with E-state index in [4.69, 9.17) is 35.4 Å². The van der Waals surface area contributed by atoms with Crippen molar-refractivity contribution in [1.82, 2.24) is 9.78 Å². The molecule has 4 rings (SSSR count). The highest BCUT2D eigenvalue weighted by Crippen LogP contribution is 2.26. The molecule has 4 nitrogen and oxygen atoms in total. The van der Waals surface area contributed by atoms with E-state index < -0.39 is 0 Å². The van der Waals surface area contributed by atoms with Gasteiger partial charge in [-0.2, -0.15) is 5.10 Å². The second-order valence-electron chi connectivity index (χ2n) is 7.05. The number of halogens is 2. The maximum Gasteiger partial charge on any atom is 0.175 e. The summed E-state index contributed by atoms with van der Waals surface area (Å²) >= 11 is 17.9. The summed E-state index contributed by atoms with van der Waals surface area (Å²) in [6.07, 6.45) is 0. The third-order valence-corrected chi connectivity index (χ3v) is 5.78. The van der Waals surface area contributed by atoms with Gasteiger partial charge in [-0.15, -0.1) is 0 Å². The minimum absolute atomic E-state index is 0.515. The number of aryl methyl sites for hydroxylation is 1. The molecule has 4 aromatic rings. The Labute approximate surface area is 190 Å². The van der Waals surface area contributed by atoms with Crippen LogP contribution in [-0.2, 0) is 6.54 Å². The highest BCUT2D eigenvalue weighted by molar-refractivity contribution is 7.80. The van der Waals surface area contributed by atoms with Gasteiger partial charge in [-0.05, 0) is 55.2 Å². The topological polar surface area (TPSA) is 41.9 Å². The Balaban J connectivity index is 1.54. The van der Waals surface area contributed by atoms with E-state index in [2.05, 4.69) is 33.9 Å². The van der Waals surface area contributed by atoms with Crippen molar-refractivity contribution in [2.75, 3.05) is 10.6 Å².